The van der Waals surface area contributed by atoms with Crippen LogP contribution in [0, 0.1) is 5.82 Å². The molecular formula is C19H16FN3O. The molecule has 2 aromatic carbocycles. The Morgan fingerprint density at radius 2 is 1.50 bits per heavy atom. The number of carbonyl (C=O) groups excluding carboxylic acids is 1. The molecule has 24 heavy (non-hydrogen) atoms. The number of halogens is 1. The smallest absolute Gasteiger partial charge is 0.320 e. The number of hydrogen-bond acceptors (Lipinski definition) is 2. The number of hydrogen-bond donors (Lipinski definition) is 2. The maximum absolute atomic E-state index is 13.7. The highest BCUT2D eigenvalue weighted by Gasteiger charge is 2.17. The fourth-order valence-electron chi connectivity index (χ4n) is 2.41. The van der Waals surface area contributed by atoms with Crippen molar-refractivity contribution in [2.45, 2.75) is 6.04 Å². The van der Waals surface area contributed by atoms with E-state index in [1.54, 1.807) is 24.5 Å². The summed E-state index contributed by atoms with van der Waals surface area (Å²) in [5, 5.41) is 5.42. The molecule has 1 atom stereocenters. The fraction of sp³-hybridized carbons (Fsp3) is 0.0526. The van der Waals surface area contributed by atoms with Gasteiger partial charge in [0.1, 0.15) is 5.82 Å². The van der Waals surface area contributed by atoms with Crippen molar-refractivity contribution in [1.29, 1.82) is 0 Å². The monoisotopic (exact) mass is 321 g/mol. The summed E-state index contributed by atoms with van der Waals surface area (Å²) < 4.78 is 13.7. The predicted molar refractivity (Wildman–Crippen MR) is 91.1 cm³/mol. The van der Waals surface area contributed by atoms with Gasteiger partial charge in [0.15, 0.2) is 0 Å². The van der Waals surface area contributed by atoms with Crippen LogP contribution in [-0.4, -0.2) is 11.0 Å². The van der Waals surface area contributed by atoms with Gasteiger partial charge in [-0.05, 0) is 35.4 Å². The lowest BCUT2D eigenvalue weighted by Gasteiger charge is -2.20. The first-order valence-corrected chi connectivity index (χ1v) is 7.51. The van der Waals surface area contributed by atoms with Crippen LogP contribution < -0.4 is 10.6 Å². The van der Waals surface area contributed by atoms with E-state index < -0.39 is 11.8 Å². The first kappa shape index (κ1) is 15.7. The van der Waals surface area contributed by atoms with Crippen LogP contribution in [-0.2, 0) is 0 Å². The van der Waals surface area contributed by atoms with Gasteiger partial charge in [0.2, 0.25) is 0 Å². The molecule has 0 fully saturated rings. The molecule has 2 amide bonds. The molecule has 0 spiro atoms. The molecule has 4 nitrogen and oxygen atoms in total. The third kappa shape index (κ3) is 3.76. The lowest BCUT2D eigenvalue weighted by atomic mass is 10.00. The van der Waals surface area contributed by atoms with E-state index in [1.807, 2.05) is 42.5 Å². The molecule has 0 aliphatic heterocycles. The molecule has 1 unspecified atom stereocenters. The van der Waals surface area contributed by atoms with Crippen molar-refractivity contribution in [2.24, 2.45) is 0 Å². The minimum absolute atomic E-state index is 0.136. The van der Waals surface area contributed by atoms with Crippen LogP contribution >= 0.6 is 0 Å². The first-order chi connectivity index (χ1) is 11.7. The highest BCUT2D eigenvalue weighted by molar-refractivity contribution is 5.89. The zero-order valence-electron chi connectivity index (χ0n) is 12.8. The molecule has 2 N–H and O–H groups in total. The van der Waals surface area contributed by atoms with E-state index >= 15 is 0 Å². The number of nitrogens with zero attached hydrogens (tertiary/aromatic N) is 1. The SMILES string of the molecule is O=C(Nc1ccccc1F)NC(c1ccccc1)c1ccncc1. The van der Waals surface area contributed by atoms with E-state index in [0.29, 0.717) is 0 Å². The average molecular weight is 321 g/mol. The van der Waals surface area contributed by atoms with Crippen LogP contribution in [0.5, 0.6) is 0 Å². The molecule has 0 radical (unpaired) electrons. The third-order valence-electron chi connectivity index (χ3n) is 3.57. The van der Waals surface area contributed by atoms with Gasteiger partial charge in [-0.2, -0.15) is 0 Å². The summed E-state index contributed by atoms with van der Waals surface area (Å²) in [6.07, 6.45) is 3.34. The molecule has 120 valence electrons. The minimum atomic E-state index is -0.481. The summed E-state index contributed by atoms with van der Waals surface area (Å²) >= 11 is 0. The Balaban J connectivity index is 1.82. The summed E-state index contributed by atoms with van der Waals surface area (Å²) in [6, 6.07) is 18.4. The van der Waals surface area contributed by atoms with Crippen molar-refractivity contribution in [3.8, 4) is 0 Å². The van der Waals surface area contributed by atoms with Gasteiger partial charge < -0.3 is 10.6 Å². The molecule has 0 saturated carbocycles. The van der Waals surface area contributed by atoms with Gasteiger partial charge in [0.25, 0.3) is 0 Å². The van der Waals surface area contributed by atoms with Crippen LogP contribution in [0.25, 0.3) is 0 Å². The highest BCUT2D eigenvalue weighted by atomic mass is 19.1. The zero-order chi connectivity index (χ0) is 16.8. The van der Waals surface area contributed by atoms with Crippen molar-refractivity contribution in [1.82, 2.24) is 10.3 Å². The van der Waals surface area contributed by atoms with Gasteiger partial charge in [-0.1, -0.05) is 42.5 Å². The van der Waals surface area contributed by atoms with Crippen molar-refractivity contribution < 1.29 is 9.18 Å². The van der Waals surface area contributed by atoms with Gasteiger partial charge in [-0.25, -0.2) is 9.18 Å². The van der Waals surface area contributed by atoms with Gasteiger partial charge in [-0.15, -0.1) is 0 Å². The van der Waals surface area contributed by atoms with Gasteiger partial charge in [-0.3, -0.25) is 4.98 Å². The minimum Gasteiger partial charge on any atom is -0.327 e. The summed E-state index contributed by atoms with van der Waals surface area (Å²) in [4.78, 5) is 16.3. The van der Waals surface area contributed by atoms with E-state index in [4.69, 9.17) is 0 Å². The first-order valence-electron chi connectivity index (χ1n) is 7.51. The summed E-state index contributed by atoms with van der Waals surface area (Å²) in [7, 11) is 0. The molecule has 0 saturated heterocycles. The Kier molecular flexibility index (Phi) is 4.81. The molecule has 1 aromatic heterocycles. The Labute approximate surface area is 139 Å². The normalized spacial score (nSPS) is 11.5. The van der Waals surface area contributed by atoms with Crippen molar-refractivity contribution in [3.63, 3.8) is 0 Å². The largest absolute Gasteiger partial charge is 0.327 e. The molecule has 0 aliphatic rings. The van der Waals surface area contributed by atoms with Gasteiger partial charge >= 0.3 is 6.03 Å². The predicted octanol–water partition coefficient (Wildman–Crippen LogP) is 4.13. The maximum Gasteiger partial charge on any atom is 0.320 e. The Bertz CT molecular complexity index is 770. The number of amides is 2. The van der Waals surface area contributed by atoms with Crippen molar-refractivity contribution in [3.05, 3.63) is 96.1 Å². The van der Waals surface area contributed by atoms with Crippen molar-refractivity contribution in [2.75, 3.05) is 5.32 Å². The van der Waals surface area contributed by atoms with Gasteiger partial charge in [0, 0.05) is 12.4 Å². The second-order valence-corrected chi connectivity index (χ2v) is 5.20. The third-order valence-corrected chi connectivity index (χ3v) is 3.57. The van der Waals surface area contributed by atoms with Crippen LogP contribution in [0.3, 0.4) is 0 Å². The van der Waals surface area contributed by atoms with E-state index in [9.17, 15) is 9.18 Å². The number of urea groups is 1. The quantitative estimate of drug-likeness (QED) is 0.759. The second kappa shape index (κ2) is 7.37. The molecule has 0 aliphatic carbocycles. The Hall–Kier alpha value is -3.21. The van der Waals surface area contributed by atoms with E-state index in [2.05, 4.69) is 15.6 Å². The number of pyridine rings is 1. The number of aromatic nitrogens is 1. The molecule has 3 rings (SSSR count). The molecule has 3 aromatic rings. The lowest BCUT2D eigenvalue weighted by Crippen LogP contribution is -2.33. The van der Waals surface area contributed by atoms with Crippen LogP contribution in [0.15, 0.2) is 79.1 Å². The van der Waals surface area contributed by atoms with Crippen LogP contribution in [0.1, 0.15) is 17.2 Å². The average Bonchev–Trinajstić information content (AvgIpc) is 2.63. The van der Waals surface area contributed by atoms with Crippen LogP contribution in [0.2, 0.25) is 0 Å². The number of nitrogens with one attached hydrogen (secondary N) is 2. The zero-order valence-corrected chi connectivity index (χ0v) is 12.8. The lowest BCUT2D eigenvalue weighted by molar-refractivity contribution is 0.250. The number of carbonyl (C=O) groups is 1. The standard InChI is InChI=1S/C19H16FN3O/c20-16-8-4-5-9-17(16)22-19(24)23-18(14-6-2-1-3-7-14)15-10-12-21-13-11-15/h1-13,18H,(H2,22,23,24). The van der Waals surface area contributed by atoms with Gasteiger partial charge in [0.05, 0.1) is 11.7 Å². The number of benzene rings is 2. The molecule has 5 heteroatoms. The van der Waals surface area contributed by atoms with Crippen LogP contribution in [0.4, 0.5) is 14.9 Å². The Morgan fingerprint density at radius 1 is 0.875 bits per heavy atom. The fourth-order valence-corrected chi connectivity index (χ4v) is 2.41. The molecular weight excluding hydrogens is 305 g/mol. The number of para-hydroxylation sites is 1. The summed E-state index contributed by atoms with van der Waals surface area (Å²) in [5.74, 6) is -0.479. The van der Waals surface area contributed by atoms with E-state index in [0.717, 1.165) is 11.1 Å². The number of anilines is 1. The van der Waals surface area contributed by atoms with E-state index in [-0.39, 0.29) is 11.7 Å². The molecule has 1 heterocycles. The second-order valence-electron chi connectivity index (χ2n) is 5.20. The number of rotatable bonds is 4. The summed E-state index contributed by atoms with van der Waals surface area (Å²) in [5.41, 5.74) is 1.95. The Morgan fingerprint density at radius 3 is 2.21 bits per heavy atom. The van der Waals surface area contributed by atoms with E-state index in [1.165, 1.54) is 12.1 Å². The molecule has 0 bridgehead atoms. The summed E-state index contributed by atoms with van der Waals surface area (Å²) in [6.45, 7) is 0. The van der Waals surface area contributed by atoms with Crippen molar-refractivity contribution >= 4 is 11.7 Å². The maximum atomic E-state index is 13.7. The topological polar surface area (TPSA) is 54.0 Å². The highest BCUT2D eigenvalue weighted by Crippen LogP contribution is 2.21.